The molecule has 0 N–H and O–H groups in total. The third-order valence-electron chi connectivity index (χ3n) is 3.34. The Labute approximate surface area is 122 Å². The van der Waals surface area contributed by atoms with Crippen LogP contribution in [-0.4, -0.2) is 19.5 Å². The van der Waals surface area contributed by atoms with Gasteiger partial charge in [0.15, 0.2) is 0 Å². The van der Waals surface area contributed by atoms with Crippen molar-refractivity contribution >= 4 is 11.0 Å². The average molecular weight is 277 g/mol. The summed E-state index contributed by atoms with van der Waals surface area (Å²) in [6.07, 6.45) is 1.09. The lowest BCUT2D eigenvalue weighted by Gasteiger charge is -2.09. The Balaban J connectivity index is 2.30. The molecule has 0 aliphatic heterocycles. The number of aryl methyl sites for hydroxylation is 2. The lowest BCUT2D eigenvalue weighted by molar-refractivity contribution is 0.869. The van der Waals surface area contributed by atoms with E-state index in [4.69, 9.17) is 5.26 Å². The number of nitrogens with zero attached hydrogens (tertiary/aromatic N) is 5. The SMILES string of the molecule is CCc1cc(-n2c(CC#N)nc3ccccc32)nc(C)n1. The van der Waals surface area contributed by atoms with E-state index in [1.807, 2.05) is 41.8 Å². The van der Waals surface area contributed by atoms with Gasteiger partial charge in [0.05, 0.1) is 23.5 Å². The molecule has 0 saturated heterocycles. The van der Waals surface area contributed by atoms with Crippen LogP contribution >= 0.6 is 0 Å². The zero-order chi connectivity index (χ0) is 14.8. The number of benzene rings is 1. The maximum Gasteiger partial charge on any atom is 0.142 e. The number of fused-ring (bicyclic) bond motifs is 1. The summed E-state index contributed by atoms with van der Waals surface area (Å²) < 4.78 is 1.95. The summed E-state index contributed by atoms with van der Waals surface area (Å²) in [6, 6.07) is 12.0. The molecule has 0 fully saturated rings. The monoisotopic (exact) mass is 277 g/mol. The minimum Gasteiger partial charge on any atom is -0.279 e. The highest BCUT2D eigenvalue weighted by atomic mass is 15.1. The van der Waals surface area contributed by atoms with E-state index in [2.05, 4.69) is 27.9 Å². The number of hydrogen-bond acceptors (Lipinski definition) is 4. The van der Waals surface area contributed by atoms with Crippen LogP contribution in [0.25, 0.3) is 16.9 Å². The molecular weight excluding hydrogens is 262 g/mol. The predicted octanol–water partition coefficient (Wildman–Crippen LogP) is 2.75. The number of aromatic nitrogens is 4. The molecule has 0 atom stereocenters. The van der Waals surface area contributed by atoms with Gasteiger partial charge < -0.3 is 0 Å². The van der Waals surface area contributed by atoms with Crippen LogP contribution in [0.4, 0.5) is 0 Å². The fourth-order valence-corrected chi connectivity index (χ4v) is 2.43. The van der Waals surface area contributed by atoms with Crippen LogP contribution in [-0.2, 0) is 12.8 Å². The zero-order valence-electron chi connectivity index (χ0n) is 12.0. The first-order valence-electron chi connectivity index (χ1n) is 6.91. The average Bonchev–Trinajstić information content (AvgIpc) is 2.85. The third-order valence-corrected chi connectivity index (χ3v) is 3.34. The summed E-state index contributed by atoms with van der Waals surface area (Å²) in [4.78, 5) is 13.5. The number of rotatable bonds is 3. The second-order valence-corrected chi connectivity index (χ2v) is 4.81. The topological polar surface area (TPSA) is 67.4 Å². The molecule has 0 bridgehead atoms. The van der Waals surface area contributed by atoms with Gasteiger partial charge in [0, 0.05) is 11.8 Å². The van der Waals surface area contributed by atoms with Gasteiger partial charge in [-0.3, -0.25) is 4.57 Å². The predicted molar refractivity (Wildman–Crippen MR) is 80.1 cm³/mol. The van der Waals surface area contributed by atoms with Crippen molar-refractivity contribution in [2.45, 2.75) is 26.7 Å². The van der Waals surface area contributed by atoms with Gasteiger partial charge in [0.2, 0.25) is 0 Å². The Hall–Kier alpha value is -2.74. The van der Waals surface area contributed by atoms with Crippen molar-refractivity contribution in [2.24, 2.45) is 0 Å². The summed E-state index contributed by atoms with van der Waals surface area (Å²) in [7, 11) is 0. The molecule has 0 aliphatic carbocycles. The normalized spacial score (nSPS) is 10.7. The van der Waals surface area contributed by atoms with Gasteiger partial charge in [0.1, 0.15) is 17.5 Å². The van der Waals surface area contributed by atoms with Gasteiger partial charge in [-0.15, -0.1) is 0 Å². The number of para-hydroxylation sites is 2. The molecule has 104 valence electrons. The van der Waals surface area contributed by atoms with Gasteiger partial charge >= 0.3 is 0 Å². The first-order valence-corrected chi connectivity index (χ1v) is 6.91. The molecule has 0 radical (unpaired) electrons. The van der Waals surface area contributed by atoms with Crippen molar-refractivity contribution in [3.8, 4) is 11.9 Å². The van der Waals surface area contributed by atoms with Gasteiger partial charge in [0.25, 0.3) is 0 Å². The van der Waals surface area contributed by atoms with Gasteiger partial charge in [-0.2, -0.15) is 5.26 Å². The highest BCUT2D eigenvalue weighted by molar-refractivity contribution is 5.77. The molecule has 0 aliphatic rings. The van der Waals surface area contributed by atoms with Gasteiger partial charge in [-0.25, -0.2) is 15.0 Å². The number of nitriles is 1. The van der Waals surface area contributed by atoms with Crippen molar-refractivity contribution in [3.63, 3.8) is 0 Å². The molecule has 5 heteroatoms. The van der Waals surface area contributed by atoms with Crippen LogP contribution in [0.1, 0.15) is 24.3 Å². The lowest BCUT2D eigenvalue weighted by atomic mass is 10.3. The number of imidazole rings is 1. The summed E-state index contributed by atoms with van der Waals surface area (Å²) >= 11 is 0. The zero-order valence-corrected chi connectivity index (χ0v) is 12.0. The van der Waals surface area contributed by atoms with E-state index in [-0.39, 0.29) is 6.42 Å². The molecule has 0 unspecified atom stereocenters. The Morgan fingerprint density at radius 1 is 1.19 bits per heavy atom. The van der Waals surface area contributed by atoms with Crippen LogP contribution in [0.5, 0.6) is 0 Å². The van der Waals surface area contributed by atoms with Crippen LogP contribution in [0, 0.1) is 18.3 Å². The highest BCUT2D eigenvalue weighted by Gasteiger charge is 2.14. The molecular formula is C16H15N5. The van der Waals surface area contributed by atoms with E-state index >= 15 is 0 Å². The van der Waals surface area contributed by atoms with E-state index in [0.29, 0.717) is 5.82 Å². The summed E-state index contributed by atoms with van der Waals surface area (Å²) in [5.41, 5.74) is 2.82. The second kappa shape index (κ2) is 5.33. The van der Waals surface area contributed by atoms with E-state index < -0.39 is 0 Å². The van der Waals surface area contributed by atoms with Crippen LogP contribution in [0.3, 0.4) is 0 Å². The molecule has 0 saturated carbocycles. The minimum atomic E-state index is 0.249. The summed E-state index contributed by atoms with van der Waals surface area (Å²) in [5.74, 6) is 2.21. The van der Waals surface area contributed by atoms with Crippen molar-refractivity contribution < 1.29 is 0 Å². The van der Waals surface area contributed by atoms with Crippen molar-refractivity contribution in [1.29, 1.82) is 5.26 Å². The molecule has 3 aromatic rings. The van der Waals surface area contributed by atoms with E-state index in [1.54, 1.807) is 0 Å². The fourth-order valence-electron chi connectivity index (χ4n) is 2.43. The second-order valence-electron chi connectivity index (χ2n) is 4.81. The summed E-state index contributed by atoms with van der Waals surface area (Å²) in [6.45, 7) is 3.94. The van der Waals surface area contributed by atoms with Gasteiger partial charge in [-0.1, -0.05) is 19.1 Å². The lowest BCUT2D eigenvalue weighted by Crippen LogP contribution is -2.06. The fraction of sp³-hybridized carbons (Fsp3) is 0.250. The third kappa shape index (κ3) is 2.36. The Morgan fingerprint density at radius 3 is 2.76 bits per heavy atom. The van der Waals surface area contributed by atoms with Gasteiger partial charge in [-0.05, 0) is 25.5 Å². The molecule has 2 aromatic heterocycles. The molecule has 3 rings (SSSR count). The Kier molecular flexibility index (Phi) is 3.36. The van der Waals surface area contributed by atoms with E-state index in [1.165, 1.54) is 0 Å². The van der Waals surface area contributed by atoms with Crippen LogP contribution < -0.4 is 0 Å². The van der Waals surface area contributed by atoms with Crippen molar-refractivity contribution in [1.82, 2.24) is 19.5 Å². The Morgan fingerprint density at radius 2 is 2.00 bits per heavy atom. The smallest absolute Gasteiger partial charge is 0.142 e. The molecule has 21 heavy (non-hydrogen) atoms. The Bertz CT molecular complexity index is 841. The minimum absolute atomic E-state index is 0.249. The quantitative estimate of drug-likeness (QED) is 0.738. The molecule has 0 amide bonds. The molecule has 0 spiro atoms. The largest absolute Gasteiger partial charge is 0.279 e. The van der Waals surface area contributed by atoms with Crippen LogP contribution in [0.15, 0.2) is 30.3 Å². The van der Waals surface area contributed by atoms with E-state index in [9.17, 15) is 0 Å². The van der Waals surface area contributed by atoms with E-state index in [0.717, 1.165) is 34.8 Å². The van der Waals surface area contributed by atoms with Crippen LogP contribution in [0.2, 0.25) is 0 Å². The maximum atomic E-state index is 9.04. The highest BCUT2D eigenvalue weighted by Crippen LogP contribution is 2.21. The van der Waals surface area contributed by atoms with Crippen molar-refractivity contribution in [2.75, 3.05) is 0 Å². The van der Waals surface area contributed by atoms with Crippen molar-refractivity contribution in [3.05, 3.63) is 47.7 Å². The molecule has 1 aromatic carbocycles. The molecule has 5 nitrogen and oxygen atoms in total. The first kappa shape index (κ1) is 13.3. The maximum absolute atomic E-state index is 9.04. The molecule has 2 heterocycles. The summed E-state index contributed by atoms with van der Waals surface area (Å²) in [5, 5.41) is 9.04. The number of hydrogen-bond donors (Lipinski definition) is 0. The first-order chi connectivity index (χ1) is 10.2. The standard InChI is InChI=1S/C16H15N5/c1-3-12-10-16(19-11(2)18-12)21-14-7-5-4-6-13(14)20-15(21)8-9-17/h4-7,10H,3,8H2,1-2H3.